The summed E-state index contributed by atoms with van der Waals surface area (Å²) in [6.45, 7) is 5.36. The molecule has 9 nitrogen and oxygen atoms in total. The number of benzene rings is 1. The first-order valence-corrected chi connectivity index (χ1v) is 13.7. The van der Waals surface area contributed by atoms with Crippen LogP contribution in [-0.2, 0) is 35.9 Å². The fraction of sp³-hybridized carbons (Fsp3) is 0.583. The minimum Gasteiger partial charge on any atom is -0.307 e. The number of likely N-dealkylation sites (N-methyl/N-ethyl adjacent to an activating group) is 1. The van der Waals surface area contributed by atoms with Gasteiger partial charge in [0.2, 0.25) is 0 Å². The van der Waals surface area contributed by atoms with Gasteiger partial charge in [0.25, 0.3) is 0 Å². The second kappa shape index (κ2) is 10.4. The molecule has 3 aliphatic rings. The zero-order valence-electron chi connectivity index (χ0n) is 21.2. The van der Waals surface area contributed by atoms with E-state index in [9.17, 15) is 13.2 Å². The fourth-order valence-corrected chi connectivity index (χ4v) is 6.97. The van der Waals surface area contributed by atoms with Crippen LogP contribution in [0.25, 0.3) is 0 Å². The van der Waals surface area contributed by atoms with Gasteiger partial charge in [0.05, 0.1) is 17.9 Å². The van der Waals surface area contributed by atoms with Gasteiger partial charge in [0.1, 0.15) is 0 Å². The number of hydrogen-bond acceptors (Lipinski definition) is 5. The van der Waals surface area contributed by atoms with E-state index in [0.717, 1.165) is 50.8 Å². The maximum atomic E-state index is 13.6. The summed E-state index contributed by atoms with van der Waals surface area (Å²) < 4.78 is 32.5. The van der Waals surface area contributed by atoms with Crippen LogP contribution in [-0.4, -0.2) is 84.9 Å². The van der Waals surface area contributed by atoms with Crippen molar-refractivity contribution in [1.82, 2.24) is 19.4 Å². The number of anilines is 2. The molecule has 1 aliphatic heterocycles. The van der Waals surface area contributed by atoms with E-state index in [4.69, 9.17) is 0 Å². The van der Waals surface area contributed by atoms with Crippen molar-refractivity contribution in [3.63, 3.8) is 0 Å². The Morgan fingerprint density at radius 2 is 1.80 bits per heavy atom. The van der Waals surface area contributed by atoms with Crippen molar-refractivity contribution < 1.29 is 13.2 Å². The molecule has 0 bridgehead atoms. The van der Waals surface area contributed by atoms with Crippen molar-refractivity contribution in [2.45, 2.75) is 70.9 Å². The molecule has 5 rings (SSSR count). The maximum Gasteiger partial charge on any atom is 0.334 e. The van der Waals surface area contributed by atoms with E-state index in [1.54, 1.807) is 17.1 Å². The zero-order valence-corrected chi connectivity index (χ0v) is 24.0. The standard InChI is InChI=1S/C24H34N6O3S.Na/c1-16(2)29-15-20(13-25-29)30(19-10-11-28(3)14-19)34(32,33)27-24(31)26-23-21-8-4-6-17(21)12-18-7-5-9-22(18)23;/h12-13,15-16,19H,4-11,14H2,1-3H3,(H2,26,27,31);. The van der Waals surface area contributed by atoms with E-state index in [1.165, 1.54) is 26.6 Å². The Morgan fingerprint density at radius 3 is 2.34 bits per heavy atom. The van der Waals surface area contributed by atoms with Crippen LogP contribution < -0.4 is 14.3 Å². The SMILES string of the molecule is CC(C)n1cc(N(C2CCN(C)C2)S(=O)(=O)NC(=O)Nc2c3c(cc4c2CCC4)CCC3)cn1.[Na]. The van der Waals surface area contributed by atoms with Crippen LogP contribution in [0.3, 0.4) is 0 Å². The number of nitrogens with one attached hydrogen (secondary N) is 2. The Morgan fingerprint density at radius 1 is 1.14 bits per heavy atom. The van der Waals surface area contributed by atoms with Crippen LogP contribution in [0.5, 0.6) is 0 Å². The predicted octanol–water partition coefficient (Wildman–Crippen LogP) is 2.64. The van der Waals surface area contributed by atoms with Crippen molar-refractivity contribution in [2.24, 2.45) is 0 Å². The molecule has 11 heteroatoms. The first-order chi connectivity index (χ1) is 16.2. The summed E-state index contributed by atoms with van der Waals surface area (Å²) in [5, 5.41) is 7.28. The van der Waals surface area contributed by atoms with Gasteiger partial charge in [-0.1, -0.05) is 6.07 Å². The topological polar surface area (TPSA) is 99.6 Å². The summed E-state index contributed by atoms with van der Waals surface area (Å²) in [7, 11) is -2.18. The molecule has 1 radical (unpaired) electrons. The number of rotatable bonds is 6. The molecule has 2 heterocycles. The van der Waals surface area contributed by atoms with Crippen molar-refractivity contribution >= 4 is 57.2 Å². The van der Waals surface area contributed by atoms with Gasteiger partial charge >= 0.3 is 16.2 Å². The normalized spacial score (nSPS) is 19.4. The molecular formula is C24H34N6NaO3S. The Bertz CT molecular complexity index is 1180. The average molecular weight is 510 g/mol. The number of urea groups is 1. The van der Waals surface area contributed by atoms with Crippen LogP contribution in [0, 0.1) is 0 Å². The number of carbonyl (C=O) groups is 1. The summed E-state index contributed by atoms with van der Waals surface area (Å²) in [5.74, 6) is 0. The summed E-state index contributed by atoms with van der Waals surface area (Å²) in [6, 6.07) is 1.41. The second-order valence-electron chi connectivity index (χ2n) is 10.1. The van der Waals surface area contributed by atoms with Gasteiger partial charge in [-0.3, -0.25) is 4.68 Å². The van der Waals surface area contributed by atoms with Crippen molar-refractivity contribution in [2.75, 3.05) is 29.8 Å². The maximum absolute atomic E-state index is 13.6. The molecule has 2 N–H and O–H groups in total. The Hall–Kier alpha value is -1.59. The molecule has 185 valence electrons. The summed E-state index contributed by atoms with van der Waals surface area (Å²) in [6.07, 6.45) is 9.97. The van der Waals surface area contributed by atoms with Crippen molar-refractivity contribution in [1.29, 1.82) is 0 Å². The molecule has 1 atom stereocenters. The van der Waals surface area contributed by atoms with Crippen LogP contribution >= 0.6 is 0 Å². The van der Waals surface area contributed by atoms with Gasteiger partial charge in [-0.15, -0.1) is 0 Å². The predicted molar refractivity (Wildman–Crippen MR) is 138 cm³/mol. The van der Waals surface area contributed by atoms with Gasteiger partial charge < -0.3 is 10.2 Å². The molecule has 2 amide bonds. The molecule has 2 aromatic rings. The number of carbonyl (C=O) groups excluding carboxylic acids is 1. The van der Waals surface area contributed by atoms with E-state index in [1.807, 2.05) is 20.9 Å². The molecule has 35 heavy (non-hydrogen) atoms. The minimum absolute atomic E-state index is 0. The number of likely N-dealkylation sites (tertiary alicyclic amines) is 1. The second-order valence-corrected chi connectivity index (χ2v) is 11.6. The number of hydrogen-bond donors (Lipinski definition) is 2. The molecule has 1 saturated heterocycles. The van der Waals surface area contributed by atoms with Crippen LogP contribution in [0.2, 0.25) is 0 Å². The third-order valence-electron chi connectivity index (χ3n) is 7.26. The smallest absolute Gasteiger partial charge is 0.307 e. The molecule has 0 spiro atoms. The van der Waals surface area contributed by atoms with Crippen LogP contribution in [0.15, 0.2) is 18.5 Å². The number of aryl methyl sites for hydroxylation is 2. The molecule has 2 aliphatic carbocycles. The molecule has 1 unspecified atom stereocenters. The number of nitrogens with zero attached hydrogens (tertiary/aromatic N) is 4. The molecule has 1 aromatic heterocycles. The number of aromatic nitrogens is 2. The Labute approximate surface area is 230 Å². The van der Waals surface area contributed by atoms with E-state index < -0.39 is 16.2 Å². The van der Waals surface area contributed by atoms with Gasteiger partial charge in [0, 0.05) is 54.0 Å². The Kier molecular flexibility index (Phi) is 7.88. The van der Waals surface area contributed by atoms with E-state index in [2.05, 4.69) is 26.1 Å². The number of amides is 2. The van der Waals surface area contributed by atoms with Crippen molar-refractivity contribution in [3.05, 3.63) is 40.7 Å². The van der Waals surface area contributed by atoms with Crippen LogP contribution in [0.1, 0.15) is 61.4 Å². The Balaban J connectivity index is 0.00000289. The van der Waals surface area contributed by atoms with E-state index in [-0.39, 0.29) is 41.6 Å². The van der Waals surface area contributed by atoms with E-state index in [0.29, 0.717) is 18.7 Å². The quantitative estimate of drug-likeness (QED) is 0.584. The summed E-state index contributed by atoms with van der Waals surface area (Å²) >= 11 is 0. The monoisotopic (exact) mass is 509 g/mol. The minimum atomic E-state index is -4.15. The fourth-order valence-electron chi connectivity index (χ4n) is 5.65. The van der Waals surface area contributed by atoms with Gasteiger partial charge in [-0.25, -0.2) is 13.8 Å². The van der Waals surface area contributed by atoms with Gasteiger partial charge in [-0.2, -0.15) is 13.5 Å². The van der Waals surface area contributed by atoms with Gasteiger partial charge in [0.15, 0.2) is 0 Å². The first-order valence-electron chi connectivity index (χ1n) is 12.3. The first kappa shape index (κ1) is 26.5. The third kappa shape index (κ3) is 5.27. The zero-order chi connectivity index (χ0) is 24.0. The summed E-state index contributed by atoms with van der Waals surface area (Å²) in [4.78, 5) is 15.2. The largest absolute Gasteiger partial charge is 0.334 e. The van der Waals surface area contributed by atoms with Gasteiger partial charge in [-0.05, 0) is 94.6 Å². The summed E-state index contributed by atoms with van der Waals surface area (Å²) in [5.41, 5.74) is 6.21. The van der Waals surface area contributed by atoms with Crippen LogP contribution in [0.4, 0.5) is 16.2 Å². The molecule has 1 aromatic carbocycles. The third-order valence-corrected chi connectivity index (χ3v) is 8.73. The average Bonchev–Trinajstić information content (AvgIpc) is 3.54. The van der Waals surface area contributed by atoms with Crippen molar-refractivity contribution in [3.8, 4) is 0 Å². The number of fused-ring (bicyclic) bond motifs is 2. The molecular weight excluding hydrogens is 475 g/mol. The van der Waals surface area contributed by atoms with E-state index >= 15 is 0 Å². The molecule has 0 saturated carbocycles. The molecule has 1 fully saturated rings.